The number of carbonyl (C=O) groups is 2. The number of amides is 2. The highest BCUT2D eigenvalue weighted by Gasteiger charge is 2.38. The fraction of sp³-hybridized carbons (Fsp3) is 0.239. The van der Waals surface area contributed by atoms with E-state index in [-0.39, 0.29) is 37.1 Å². The third-order valence-corrected chi connectivity index (χ3v) is 10.9. The number of urea groups is 1. The molecular formula is C46H45N3O6S. The number of carbonyl (C=O) groups excluding carboxylic acids is 2. The molecule has 1 aromatic heterocycles. The molecule has 6 aromatic rings. The predicted octanol–water partition coefficient (Wildman–Crippen LogP) is 9.08. The van der Waals surface area contributed by atoms with E-state index in [0.717, 1.165) is 50.4 Å². The van der Waals surface area contributed by atoms with Crippen LogP contribution in [0, 0.1) is 5.92 Å². The van der Waals surface area contributed by atoms with Crippen molar-refractivity contribution in [2.24, 2.45) is 5.92 Å². The summed E-state index contributed by atoms with van der Waals surface area (Å²) in [7, 11) is 0. The number of aliphatic hydroxyl groups excluding tert-OH is 1. The maximum Gasteiger partial charge on any atom is 0.315 e. The Kier molecular flexibility index (Phi) is 12.7. The van der Waals surface area contributed by atoms with Crippen LogP contribution in [0.15, 0.2) is 149 Å². The molecule has 1 fully saturated rings. The van der Waals surface area contributed by atoms with Gasteiger partial charge in [0.25, 0.3) is 5.22 Å². The Labute approximate surface area is 331 Å². The van der Waals surface area contributed by atoms with Gasteiger partial charge in [-0.3, -0.25) is 4.79 Å². The lowest BCUT2D eigenvalue weighted by molar-refractivity contribution is -0.268. The van der Waals surface area contributed by atoms with E-state index in [2.05, 4.69) is 17.6 Å². The highest BCUT2D eigenvalue weighted by Crippen LogP contribution is 2.44. The first-order valence-electron chi connectivity index (χ1n) is 18.8. The van der Waals surface area contributed by atoms with Crippen LogP contribution in [-0.2, 0) is 33.8 Å². The Balaban J connectivity index is 1.05. The lowest BCUT2D eigenvalue weighted by Gasteiger charge is -2.41. The SMILES string of the molecule is CC(=O)C(Cc1ccccc1)NC(=O)NCc1ccc(C2OC(CSc3nc(-c4ccccc4)c(-c4ccccc4)o3)C(C)C(c3ccc(CO)cc3)O2)cc1. The number of nitrogens with one attached hydrogen (secondary N) is 2. The molecule has 3 N–H and O–H groups in total. The largest absolute Gasteiger partial charge is 0.431 e. The fourth-order valence-electron chi connectivity index (χ4n) is 6.73. The van der Waals surface area contributed by atoms with Gasteiger partial charge in [-0.2, -0.15) is 0 Å². The minimum atomic E-state index is -0.664. The molecular weight excluding hydrogens is 723 g/mol. The average molecular weight is 768 g/mol. The Bertz CT molecular complexity index is 2120. The number of aromatic nitrogens is 1. The quantitative estimate of drug-likeness (QED) is 0.0939. The first-order valence-corrected chi connectivity index (χ1v) is 19.8. The van der Waals surface area contributed by atoms with Crippen LogP contribution < -0.4 is 10.6 Å². The number of rotatable bonds is 14. The van der Waals surface area contributed by atoms with E-state index in [1.807, 2.05) is 140 Å². The number of nitrogens with zero attached hydrogens (tertiary/aromatic N) is 1. The molecule has 0 bridgehead atoms. The van der Waals surface area contributed by atoms with E-state index in [1.54, 1.807) is 0 Å². The summed E-state index contributed by atoms with van der Waals surface area (Å²) in [5, 5.41) is 15.9. The topological polar surface area (TPSA) is 123 Å². The van der Waals surface area contributed by atoms with Gasteiger partial charge < -0.3 is 29.6 Å². The van der Waals surface area contributed by atoms with Crippen LogP contribution in [0.1, 0.15) is 54.1 Å². The van der Waals surface area contributed by atoms with Crippen molar-refractivity contribution in [2.75, 3.05) is 5.75 Å². The maximum absolute atomic E-state index is 12.8. The molecule has 5 aromatic carbocycles. The molecule has 0 aliphatic carbocycles. The number of aliphatic hydroxyl groups is 1. The summed E-state index contributed by atoms with van der Waals surface area (Å²) in [5.74, 6) is 1.15. The van der Waals surface area contributed by atoms with Crippen molar-refractivity contribution in [3.05, 3.63) is 167 Å². The van der Waals surface area contributed by atoms with Crippen LogP contribution in [0.4, 0.5) is 4.79 Å². The van der Waals surface area contributed by atoms with Gasteiger partial charge in [0.1, 0.15) is 5.69 Å². The third-order valence-electron chi connectivity index (χ3n) is 9.97. The number of ketones is 1. The van der Waals surface area contributed by atoms with Crippen molar-refractivity contribution in [1.29, 1.82) is 0 Å². The van der Waals surface area contributed by atoms with Crippen LogP contribution in [0.2, 0.25) is 0 Å². The molecule has 0 saturated carbocycles. The van der Waals surface area contributed by atoms with Gasteiger partial charge in [0.15, 0.2) is 17.8 Å². The first-order chi connectivity index (χ1) is 27.3. The molecule has 9 nitrogen and oxygen atoms in total. The second kappa shape index (κ2) is 18.4. The molecule has 2 heterocycles. The molecule has 1 aliphatic rings. The highest BCUT2D eigenvalue weighted by atomic mass is 32.2. The normalized spacial score (nSPS) is 18.6. The monoisotopic (exact) mass is 767 g/mol. The van der Waals surface area contributed by atoms with E-state index in [1.165, 1.54) is 18.7 Å². The van der Waals surface area contributed by atoms with E-state index < -0.39 is 18.4 Å². The Morgan fingerprint density at radius 2 is 1.36 bits per heavy atom. The van der Waals surface area contributed by atoms with E-state index in [4.69, 9.17) is 18.9 Å². The first kappa shape index (κ1) is 38.7. The molecule has 5 unspecified atom stereocenters. The van der Waals surface area contributed by atoms with Crippen LogP contribution in [0.25, 0.3) is 22.6 Å². The zero-order valence-corrected chi connectivity index (χ0v) is 32.2. The molecule has 56 heavy (non-hydrogen) atoms. The number of hydrogen-bond acceptors (Lipinski definition) is 8. The average Bonchev–Trinajstić information content (AvgIpc) is 3.68. The molecule has 0 radical (unpaired) electrons. The van der Waals surface area contributed by atoms with Gasteiger partial charge in [0.2, 0.25) is 0 Å². The molecule has 1 saturated heterocycles. The van der Waals surface area contributed by atoms with Crippen LogP contribution in [-0.4, -0.2) is 39.8 Å². The van der Waals surface area contributed by atoms with Gasteiger partial charge in [-0.25, -0.2) is 9.78 Å². The maximum atomic E-state index is 12.8. The number of hydrogen-bond donors (Lipinski definition) is 3. The summed E-state index contributed by atoms with van der Waals surface area (Å²) in [5.41, 5.74) is 7.24. The second-order valence-corrected chi connectivity index (χ2v) is 14.9. The highest BCUT2D eigenvalue weighted by molar-refractivity contribution is 7.99. The Morgan fingerprint density at radius 1 is 0.750 bits per heavy atom. The van der Waals surface area contributed by atoms with Crippen LogP contribution >= 0.6 is 11.8 Å². The predicted molar refractivity (Wildman–Crippen MR) is 217 cm³/mol. The summed E-state index contributed by atoms with van der Waals surface area (Å²) in [4.78, 5) is 30.0. The van der Waals surface area contributed by atoms with Gasteiger partial charge in [-0.05, 0) is 35.6 Å². The summed E-state index contributed by atoms with van der Waals surface area (Å²) in [6.07, 6.45) is -0.759. The fourth-order valence-corrected chi connectivity index (χ4v) is 7.72. The van der Waals surface area contributed by atoms with Crippen molar-refractivity contribution in [3.8, 4) is 22.6 Å². The Morgan fingerprint density at radius 3 is 2.00 bits per heavy atom. The number of Topliss-reactive ketones (excluding diaryl/α,β-unsaturated/α-hetero) is 1. The zero-order chi connectivity index (χ0) is 38.9. The minimum Gasteiger partial charge on any atom is -0.431 e. The van der Waals surface area contributed by atoms with E-state index in [9.17, 15) is 14.7 Å². The number of benzene rings is 5. The van der Waals surface area contributed by atoms with E-state index >= 15 is 0 Å². The molecule has 10 heteroatoms. The Hall–Kier alpha value is -5.52. The summed E-state index contributed by atoms with van der Waals surface area (Å²) < 4.78 is 19.8. The van der Waals surface area contributed by atoms with Crippen LogP contribution in [0.3, 0.4) is 0 Å². The van der Waals surface area contributed by atoms with Crippen molar-refractivity contribution < 1.29 is 28.6 Å². The minimum absolute atomic E-state index is 0.0291. The summed E-state index contributed by atoms with van der Waals surface area (Å²) in [6, 6.07) is 44.2. The summed E-state index contributed by atoms with van der Waals surface area (Å²) >= 11 is 1.51. The van der Waals surface area contributed by atoms with Crippen molar-refractivity contribution in [3.63, 3.8) is 0 Å². The number of ether oxygens (including phenoxy) is 2. The number of thioether (sulfide) groups is 1. The van der Waals surface area contributed by atoms with Crippen molar-refractivity contribution >= 4 is 23.6 Å². The smallest absolute Gasteiger partial charge is 0.315 e. The van der Waals surface area contributed by atoms with Crippen molar-refractivity contribution in [2.45, 2.75) is 63.2 Å². The zero-order valence-electron chi connectivity index (χ0n) is 31.3. The number of oxazole rings is 1. The molecule has 2 amide bonds. The van der Waals surface area contributed by atoms with Crippen molar-refractivity contribution in [1.82, 2.24) is 15.6 Å². The van der Waals surface area contributed by atoms with E-state index in [0.29, 0.717) is 17.4 Å². The molecule has 286 valence electrons. The lowest BCUT2D eigenvalue weighted by atomic mass is 9.91. The lowest BCUT2D eigenvalue weighted by Crippen LogP contribution is -2.46. The molecule has 0 spiro atoms. The van der Waals surface area contributed by atoms with Gasteiger partial charge in [0.05, 0.1) is 24.9 Å². The van der Waals surface area contributed by atoms with Gasteiger partial charge in [-0.1, -0.05) is 158 Å². The molecule has 5 atom stereocenters. The molecule has 7 rings (SSSR count). The third kappa shape index (κ3) is 9.64. The molecule has 1 aliphatic heterocycles. The van der Waals surface area contributed by atoms with Gasteiger partial charge in [0, 0.05) is 34.9 Å². The van der Waals surface area contributed by atoms with Gasteiger partial charge in [-0.15, -0.1) is 0 Å². The second-order valence-electron chi connectivity index (χ2n) is 13.9. The van der Waals surface area contributed by atoms with Gasteiger partial charge >= 0.3 is 6.03 Å². The van der Waals surface area contributed by atoms with Crippen LogP contribution in [0.5, 0.6) is 0 Å². The standard InChI is InChI=1S/C46H45N3O6S/c1-30-40(29-56-46-49-41(35-14-8-4-9-15-35)43(55-46)36-16-10-5-11-17-36)53-44(54-42(30)37-22-20-34(28-50)21-23-37)38-24-18-33(19-25-38)27-47-45(52)48-39(31(2)51)26-32-12-6-3-7-13-32/h3-25,30,39-40,42,44,50H,26-29H2,1-2H3,(H2,47,48,52). The summed E-state index contributed by atoms with van der Waals surface area (Å²) in [6.45, 7) is 3.85.